The summed E-state index contributed by atoms with van der Waals surface area (Å²) in [6.07, 6.45) is 2.08. The molecule has 1 aromatic heterocycles. The van der Waals surface area contributed by atoms with Crippen LogP contribution in [-0.2, 0) is 4.79 Å². The molecule has 0 bridgehead atoms. The van der Waals surface area contributed by atoms with Crippen LogP contribution in [0.15, 0.2) is 51.3 Å². The number of nitriles is 1. The topological polar surface area (TPSA) is 95.9 Å². The molecule has 1 aliphatic heterocycles. The third-order valence-electron chi connectivity index (χ3n) is 5.58. The average molecular weight is 486 g/mol. The molecule has 1 aromatic carbocycles. The van der Waals surface area contributed by atoms with Crippen molar-refractivity contribution in [3.63, 3.8) is 0 Å². The summed E-state index contributed by atoms with van der Waals surface area (Å²) in [6.45, 7) is 6.26. The number of hydrogen-bond donors (Lipinski definition) is 1. The molecular formula is C23H24ClN5OS2. The lowest BCUT2D eigenvalue weighted by atomic mass is 9.69. The molecule has 1 aliphatic carbocycles. The molecule has 0 saturated heterocycles. The van der Waals surface area contributed by atoms with Gasteiger partial charge in [-0.3, -0.25) is 9.69 Å². The molecule has 1 atom stereocenters. The number of nitrogens with zero attached hydrogens (tertiary/aromatic N) is 4. The van der Waals surface area contributed by atoms with E-state index in [1.807, 2.05) is 12.1 Å². The van der Waals surface area contributed by atoms with Crippen LogP contribution in [0, 0.1) is 16.7 Å². The number of allylic oxidation sites excluding steroid dienone is 3. The number of hydrogen-bond acceptors (Lipinski definition) is 8. The molecule has 2 heterocycles. The molecule has 2 aliphatic rings. The molecular weight excluding hydrogens is 462 g/mol. The van der Waals surface area contributed by atoms with E-state index in [1.165, 1.54) is 11.3 Å². The van der Waals surface area contributed by atoms with Crippen molar-refractivity contribution in [2.24, 2.45) is 11.1 Å². The zero-order chi connectivity index (χ0) is 23.0. The van der Waals surface area contributed by atoms with Gasteiger partial charge >= 0.3 is 0 Å². The number of anilines is 1. The molecule has 166 valence electrons. The molecule has 0 fully saturated rings. The van der Waals surface area contributed by atoms with Crippen molar-refractivity contribution in [1.29, 1.82) is 5.26 Å². The highest BCUT2D eigenvalue weighted by Gasteiger charge is 2.45. The number of halogens is 1. The lowest BCUT2D eigenvalue weighted by molar-refractivity contribution is -0.118. The van der Waals surface area contributed by atoms with Crippen molar-refractivity contribution in [2.45, 2.75) is 50.3 Å². The van der Waals surface area contributed by atoms with Crippen LogP contribution in [0.5, 0.6) is 0 Å². The zero-order valence-electron chi connectivity index (χ0n) is 18.2. The maximum Gasteiger partial charge on any atom is 0.219 e. The largest absolute Gasteiger partial charge is 0.384 e. The van der Waals surface area contributed by atoms with E-state index in [0.717, 1.165) is 27.8 Å². The van der Waals surface area contributed by atoms with Crippen LogP contribution < -0.4 is 10.6 Å². The Kier molecular flexibility index (Phi) is 6.35. The van der Waals surface area contributed by atoms with Crippen molar-refractivity contribution in [3.05, 3.63) is 57.5 Å². The third kappa shape index (κ3) is 4.17. The minimum absolute atomic E-state index is 0.0246. The van der Waals surface area contributed by atoms with Gasteiger partial charge in [-0.1, -0.05) is 67.6 Å². The number of Topliss-reactive ketones (excluding diaryl/α,β-unsaturated/α-hetero) is 1. The maximum absolute atomic E-state index is 13.5. The van der Waals surface area contributed by atoms with Gasteiger partial charge in [0, 0.05) is 28.5 Å². The van der Waals surface area contributed by atoms with E-state index in [2.05, 4.69) is 37.0 Å². The predicted molar refractivity (Wildman–Crippen MR) is 129 cm³/mol. The van der Waals surface area contributed by atoms with E-state index >= 15 is 0 Å². The minimum Gasteiger partial charge on any atom is -0.384 e. The highest BCUT2D eigenvalue weighted by atomic mass is 35.5. The highest BCUT2D eigenvalue weighted by Crippen LogP contribution is 2.50. The van der Waals surface area contributed by atoms with Crippen LogP contribution >= 0.6 is 34.7 Å². The Morgan fingerprint density at radius 1 is 1.38 bits per heavy atom. The smallest absolute Gasteiger partial charge is 0.219 e. The molecule has 0 spiro atoms. The van der Waals surface area contributed by atoms with Crippen LogP contribution in [0.4, 0.5) is 5.13 Å². The molecule has 1 unspecified atom stereocenters. The van der Waals surface area contributed by atoms with Crippen LogP contribution in [-0.4, -0.2) is 21.7 Å². The number of ketones is 1. The second-order valence-corrected chi connectivity index (χ2v) is 11.5. The predicted octanol–water partition coefficient (Wildman–Crippen LogP) is 5.63. The highest BCUT2D eigenvalue weighted by molar-refractivity contribution is 8.01. The maximum atomic E-state index is 13.5. The molecule has 2 N–H and O–H groups in total. The monoisotopic (exact) mass is 485 g/mol. The third-order valence-corrected chi connectivity index (χ3v) is 8.06. The second-order valence-electron chi connectivity index (χ2n) is 8.73. The van der Waals surface area contributed by atoms with Gasteiger partial charge < -0.3 is 5.73 Å². The fraction of sp³-hybridized carbons (Fsp3) is 0.391. The van der Waals surface area contributed by atoms with Gasteiger partial charge in [0.1, 0.15) is 5.82 Å². The summed E-state index contributed by atoms with van der Waals surface area (Å²) in [6, 6.07) is 9.56. The molecule has 32 heavy (non-hydrogen) atoms. The second kappa shape index (κ2) is 8.89. The van der Waals surface area contributed by atoms with Crippen LogP contribution in [0.2, 0.25) is 5.02 Å². The number of carbonyl (C=O) groups is 1. The Hall–Kier alpha value is -2.34. The molecule has 4 rings (SSSR count). The van der Waals surface area contributed by atoms with Crippen LogP contribution in [0.25, 0.3) is 0 Å². The summed E-state index contributed by atoms with van der Waals surface area (Å²) in [4.78, 5) is 15.3. The van der Waals surface area contributed by atoms with Crippen LogP contribution in [0.1, 0.15) is 51.5 Å². The van der Waals surface area contributed by atoms with Crippen molar-refractivity contribution in [1.82, 2.24) is 10.2 Å². The fourth-order valence-electron chi connectivity index (χ4n) is 4.29. The number of rotatable bonds is 5. The average Bonchev–Trinajstić information content (AvgIpc) is 3.18. The SMILES string of the molecule is CCCSc1nnc(N2C(N)=C(C#N)C(c3cccc(Cl)c3)C3=C2CC(C)(C)CC3=O)s1. The van der Waals surface area contributed by atoms with E-state index in [1.54, 1.807) is 28.8 Å². The first-order chi connectivity index (χ1) is 15.3. The summed E-state index contributed by atoms with van der Waals surface area (Å²) in [7, 11) is 0. The normalized spacial score (nSPS) is 20.4. The summed E-state index contributed by atoms with van der Waals surface area (Å²) < 4.78 is 0.841. The number of thioether (sulfide) groups is 1. The van der Waals surface area contributed by atoms with E-state index in [9.17, 15) is 10.1 Å². The Bertz CT molecular complexity index is 1180. The first-order valence-electron chi connectivity index (χ1n) is 10.4. The molecule has 0 amide bonds. The summed E-state index contributed by atoms with van der Waals surface area (Å²) in [5.74, 6) is 0.719. The van der Waals surface area contributed by atoms with Gasteiger partial charge in [0.25, 0.3) is 0 Å². The zero-order valence-corrected chi connectivity index (χ0v) is 20.6. The molecule has 9 heteroatoms. The van der Waals surface area contributed by atoms with Crippen molar-refractivity contribution in [2.75, 3.05) is 10.7 Å². The minimum atomic E-state index is -0.546. The Morgan fingerprint density at radius 3 is 2.84 bits per heavy atom. The van der Waals surface area contributed by atoms with Gasteiger partial charge in [0.2, 0.25) is 5.13 Å². The van der Waals surface area contributed by atoms with Gasteiger partial charge in [-0.25, -0.2) is 0 Å². The van der Waals surface area contributed by atoms with E-state index < -0.39 is 5.92 Å². The lowest BCUT2D eigenvalue weighted by Gasteiger charge is -2.42. The van der Waals surface area contributed by atoms with E-state index in [0.29, 0.717) is 40.0 Å². The van der Waals surface area contributed by atoms with Crippen molar-refractivity contribution >= 4 is 45.6 Å². The summed E-state index contributed by atoms with van der Waals surface area (Å²) in [5, 5.41) is 19.9. The van der Waals surface area contributed by atoms with E-state index in [-0.39, 0.29) is 11.2 Å². The number of nitrogens with two attached hydrogens (primary N) is 1. The van der Waals surface area contributed by atoms with Crippen LogP contribution in [0.3, 0.4) is 0 Å². The molecule has 0 saturated carbocycles. The Balaban J connectivity index is 1.91. The quantitative estimate of drug-likeness (QED) is 0.547. The Labute approximate surface area is 201 Å². The first-order valence-corrected chi connectivity index (χ1v) is 12.6. The lowest BCUT2D eigenvalue weighted by Crippen LogP contribution is -2.42. The summed E-state index contributed by atoms with van der Waals surface area (Å²) >= 11 is 9.33. The van der Waals surface area contributed by atoms with Gasteiger partial charge in [-0.15, -0.1) is 10.2 Å². The molecule has 6 nitrogen and oxygen atoms in total. The van der Waals surface area contributed by atoms with Gasteiger partial charge in [-0.2, -0.15) is 5.26 Å². The fourth-order valence-corrected chi connectivity index (χ4v) is 6.29. The number of benzene rings is 1. The summed E-state index contributed by atoms with van der Waals surface area (Å²) in [5.41, 5.74) is 8.91. The van der Waals surface area contributed by atoms with E-state index in [4.69, 9.17) is 17.3 Å². The first kappa shape index (κ1) is 22.8. The standard InChI is InChI=1S/C23H24ClN5OS2/c1-4-8-31-22-28-27-21(32-22)29-16-10-23(2,3)11-17(30)19(16)18(15(12-25)20(29)26)13-6-5-7-14(24)9-13/h5-7,9,18H,4,8,10-11,26H2,1-3H3. The van der Waals surface area contributed by atoms with Gasteiger partial charge in [-0.05, 0) is 36.0 Å². The van der Waals surface area contributed by atoms with Gasteiger partial charge in [0.05, 0.1) is 17.6 Å². The molecule has 2 aromatic rings. The number of carbonyl (C=O) groups excluding carboxylic acids is 1. The molecule has 0 radical (unpaired) electrons. The Morgan fingerprint density at radius 2 is 2.16 bits per heavy atom. The van der Waals surface area contributed by atoms with Crippen molar-refractivity contribution < 1.29 is 4.79 Å². The van der Waals surface area contributed by atoms with Crippen molar-refractivity contribution in [3.8, 4) is 6.07 Å². The van der Waals surface area contributed by atoms with Gasteiger partial charge in [0.15, 0.2) is 10.1 Å². The number of aromatic nitrogens is 2.